The van der Waals surface area contributed by atoms with E-state index in [2.05, 4.69) is 11.4 Å². The van der Waals surface area contributed by atoms with Crippen LogP contribution in [0.25, 0.3) is 0 Å². The number of likely N-dealkylation sites (tertiary alicyclic amines) is 1. The van der Waals surface area contributed by atoms with Crippen LogP contribution < -0.4 is 5.32 Å². The maximum atomic E-state index is 12.9. The Kier molecular flexibility index (Phi) is 4.92. The van der Waals surface area contributed by atoms with Gasteiger partial charge >= 0.3 is 0 Å². The van der Waals surface area contributed by atoms with E-state index in [0.717, 1.165) is 32.1 Å². The van der Waals surface area contributed by atoms with Crippen LogP contribution in [0.3, 0.4) is 0 Å². The first-order valence-electron chi connectivity index (χ1n) is 11.3. The van der Waals surface area contributed by atoms with Gasteiger partial charge in [0.05, 0.1) is 18.4 Å². The fourth-order valence-electron chi connectivity index (χ4n) is 7.41. The second-order valence-electron chi connectivity index (χ2n) is 10.1. The molecule has 4 bridgehead atoms. The molecular weight excluding hydrogens is 388 g/mol. The summed E-state index contributed by atoms with van der Waals surface area (Å²) in [5.74, 6) is 2.58. The van der Waals surface area contributed by atoms with Crippen molar-refractivity contribution in [1.29, 1.82) is 5.26 Å². The normalized spacial score (nSPS) is 43.0. The molecular formula is C21H32N4O3S. The number of sulfonamides is 1. The predicted molar refractivity (Wildman–Crippen MR) is 108 cm³/mol. The van der Waals surface area contributed by atoms with Crippen molar-refractivity contribution in [3.8, 4) is 6.07 Å². The zero-order chi connectivity index (χ0) is 20.2. The summed E-state index contributed by atoms with van der Waals surface area (Å²) in [4.78, 5) is 14.6. The van der Waals surface area contributed by atoms with E-state index in [9.17, 15) is 18.5 Å². The van der Waals surface area contributed by atoms with Crippen molar-refractivity contribution >= 4 is 15.9 Å². The van der Waals surface area contributed by atoms with Crippen LogP contribution in [0.5, 0.6) is 0 Å². The Morgan fingerprint density at radius 1 is 1.14 bits per heavy atom. The third-order valence-electron chi connectivity index (χ3n) is 8.44. The Balaban J connectivity index is 1.34. The monoisotopic (exact) mass is 420 g/mol. The fraction of sp³-hybridized carbons (Fsp3) is 0.905. The average Bonchev–Trinajstić information content (AvgIpc) is 3.28. The summed E-state index contributed by atoms with van der Waals surface area (Å²) in [5.41, 5.74) is -0.121. The highest BCUT2D eigenvalue weighted by atomic mass is 32.2. The standard InChI is InChI=1S/C21H32N4O3S/c22-12-18-3-1-5-25(18)20(26)13-23-21-10-15-7-16(11-21)9-17(8-15)19(21)14-24-4-2-6-29(24,27)28/h15-19,23H,1-11,13-14H2/t15?,16?,17?,18-,19?,21?/m0/s1. The topological polar surface area (TPSA) is 93.5 Å². The molecule has 4 atom stereocenters. The molecule has 0 aromatic carbocycles. The van der Waals surface area contributed by atoms with Gasteiger partial charge in [-0.3, -0.25) is 4.79 Å². The highest BCUT2D eigenvalue weighted by Gasteiger charge is 2.57. The van der Waals surface area contributed by atoms with E-state index in [1.165, 1.54) is 19.3 Å². The molecule has 29 heavy (non-hydrogen) atoms. The van der Waals surface area contributed by atoms with Gasteiger partial charge in [-0.25, -0.2) is 12.7 Å². The lowest BCUT2D eigenvalue weighted by Crippen LogP contribution is -2.67. The first kappa shape index (κ1) is 19.8. The quantitative estimate of drug-likeness (QED) is 0.724. The third kappa shape index (κ3) is 3.39. The van der Waals surface area contributed by atoms with Gasteiger partial charge in [-0.2, -0.15) is 5.26 Å². The van der Waals surface area contributed by atoms with E-state index < -0.39 is 10.0 Å². The van der Waals surface area contributed by atoms with Crippen LogP contribution in [-0.2, 0) is 14.8 Å². The molecule has 7 nitrogen and oxygen atoms in total. The zero-order valence-corrected chi connectivity index (χ0v) is 17.9. The van der Waals surface area contributed by atoms with Crippen LogP contribution in [0.1, 0.15) is 51.4 Å². The van der Waals surface area contributed by atoms with Crippen molar-refractivity contribution in [1.82, 2.24) is 14.5 Å². The summed E-state index contributed by atoms with van der Waals surface area (Å²) in [6.45, 7) is 2.20. The van der Waals surface area contributed by atoms with Gasteiger partial charge in [-0.1, -0.05) is 0 Å². The third-order valence-corrected chi connectivity index (χ3v) is 10.4. The maximum absolute atomic E-state index is 12.9. The maximum Gasteiger partial charge on any atom is 0.237 e. The minimum absolute atomic E-state index is 0.0253. The van der Waals surface area contributed by atoms with Gasteiger partial charge in [0.2, 0.25) is 15.9 Å². The number of nitrogens with one attached hydrogen (secondary N) is 1. The number of rotatable bonds is 5. The molecule has 0 aromatic rings. The summed E-state index contributed by atoms with van der Waals surface area (Å²) >= 11 is 0. The lowest BCUT2D eigenvalue weighted by atomic mass is 9.48. The van der Waals surface area contributed by atoms with E-state index in [4.69, 9.17) is 0 Å². The lowest BCUT2D eigenvalue weighted by molar-refractivity contribution is -0.132. The minimum Gasteiger partial charge on any atom is -0.326 e. The second-order valence-corrected chi connectivity index (χ2v) is 12.2. The molecule has 2 heterocycles. The lowest BCUT2D eigenvalue weighted by Gasteiger charge is -2.62. The van der Waals surface area contributed by atoms with Crippen molar-refractivity contribution in [3.63, 3.8) is 0 Å². The Hall–Kier alpha value is -1.17. The first-order valence-corrected chi connectivity index (χ1v) is 12.9. The minimum atomic E-state index is -3.11. The van der Waals surface area contributed by atoms with E-state index in [-0.39, 0.29) is 29.8 Å². The number of amides is 1. The van der Waals surface area contributed by atoms with Crippen molar-refractivity contribution in [2.45, 2.75) is 62.9 Å². The molecule has 6 aliphatic rings. The van der Waals surface area contributed by atoms with Crippen LogP contribution in [0, 0.1) is 35.0 Å². The molecule has 2 saturated heterocycles. The van der Waals surface area contributed by atoms with Gasteiger partial charge in [0.15, 0.2) is 0 Å². The van der Waals surface area contributed by atoms with Gasteiger partial charge in [-0.05, 0) is 75.0 Å². The average molecular weight is 421 g/mol. The number of nitrogens with zero attached hydrogens (tertiary/aromatic N) is 3. The zero-order valence-electron chi connectivity index (χ0n) is 17.1. The van der Waals surface area contributed by atoms with E-state index in [0.29, 0.717) is 43.3 Å². The van der Waals surface area contributed by atoms with E-state index >= 15 is 0 Å². The molecule has 4 aliphatic carbocycles. The molecule has 1 amide bonds. The van der Waals surface area contributed by atoms with Gasteiger partial charge in [0, 0.05) is 25.2 Å². The Bertz CT molecular complexity index is 808. The number of nitriles is 1. The van der Waals surface area contributed by atoms with Gasteiger partial charge in [0.25, 0.3) is 0 Å². The largest absolute Gasteiger partial charge is 0.326 e. The number of carbonyl (C=O) groups is 1. The number of hydrogen-bond donors (Lipinski definition) is 1. The van der Waals surface area contributed by atoms with Crippen LogP contribution in [-0.4, -0.2) is 67.0 Å². The van der Waals surface area contributed by atoms with Crippen LogP contribution in [0.2, 0.25) is 0 Å². The molecule has 6 rings (SSSR count). The highest BCUT2D eigenvalue weighted by Crippen LogP contribution is 2.58. The van der Waals surface area contributed by atoms with Crippen LogP contribution in [0.4, 0.5) is 0 Å². The molecule has 160 valence electrons. The smallest absolute Gasteiger partial charge is 0.237 e. The second kappa shape index (κ2) is 7.21. The fourth-order valence-corrected chi connectivity index (χ4v) is 8.96. The van der Waals surface area contributed by atoms with Crippen molar-refractivity contribution in [3.05, 3.63) is 0 Å². The summed E-state index contributed by atoms with van der Waals surface area (Å²) in [7, 11) is -3.11. The number of carbonyl (C=O) groups excluding carboxylic acids is 1. The van der Waals surface area contributed by atoms with Crippen molar-refractivity contribution in [2.24, 2.45) is 23.7 Å². The molecule has 4 saturated carbocycles. The van der Waals surface area contributed by atoms with Crippen LogP contribution >= 0.6 is 0 Å². The molecule has 6 fully saturated rings. The van der Waals surface area contributed by atoms with Gasteiger partial charge in [0.1, 0.15) is 6.04 Å². The molecule has 3 unspecified atom stereocenters. The molecule has 0 spiro atoms. The molecule has 0 aromatic heterocycles. The summed E-state index contributed by atoms with van der Waals surface area (Å²) in [6.07, 6.45) is 8.26. The van der Waals surface area contributed by atoms with Crippen LogP contribution in [0.15, 0.2) is 0 Å². The van der Waals surface area contributed by atoms with Gasteiger partial charge in [-0.15, -0.1) is 0 Å². The van der Waals surface area contributed by atoms with Crippen molar-refractivity contribution in [2.75, 3.05) is 31.9 Å². The van der Waals surface area contributed by atoms with Crippen molar-refractivity contribution < 1.29 is 13.2 Å². The Labute approximate surface area is 173 Å². The predicted octanol–water partition coefficient (Wildman–Crippen LogP) is 1.32. The number of hydrogen-bond acceptors (Lipinski definition) is 5. The summed E-state index contributed by atoms with van der Waals surface area (Å²) in [5, 5.41) is 13.0. The Morgan fingerprint density at radius 2 is 1.90 bits per heavy atom. The molecule has 0 radical (unpaired) electrons. The summed E-state index contributed by atoms with van der Waals surface area (Å²) in [6, 6.07) is 1.97. The molecule has 8 heteroatoms. The summed E-state index contributed by atoms with van der Waals surface area (Å²) < 4.78 is 26.6. The highest BCUT2D eigenvalue weighted by molar-refractivity contribution is 7.89. The molecule has 2 aliphatic heterocycles. The Morgan fingerprint density at radius 3 is 2.55 bits per heavy atom. The molecule has 1 N–H and O–H groups in total. The van der Waals surface area contributed by atoms with E-state index in [1.54, 1.807) is 9.21 Å². The van der Waals surface area contributed by atoms with Gasteiger partial charge < -0.3 is 10.2 Å². The van der Waals surface area contributed by atoms with E-state index in [1.807, 2.05) is 0 Å². The SMILES string of the molecule is N#C[C@@H]1CCCN1C(=O)CNC12CC3CC(CC(C3)C1CN1CCCS1(=O)=O)C2. The first-order chi connectivity index (χ1) is 13.9.